The van der Waals surface area contributed by atoms with E-state index >= 15 is 0 Å². The van der Waals surface area contributed by atoms with Crippen molar-refractivity contribution in [3.8, 4) is 5.75 Å². The summed E-state index contributed by atoms with van der Waals surface area (Å²) in [6.45, 7) is 0.719. The van der Waals surface area contributed by atoms with Gasteiger partial charge in [-0.15, -0.1) is 0 Å². The molecular weight excluding hydrogens is 406 g/mol. The topological polar surface area (TPSA) is 78.0 Å². The van der Waals surface area contributed by atoms with E-state index in [0.29, 0.717) is 36.3 Å². The second-order valence-corrected chi connectivity index (χ2v) is 7.60. The Morgan fingerprint density at radius 1 is 1.06 bits per heavy atom. The van der Waals surface area contributed by atoms with E-state index in [-0.39, 0.29) is 17.7 Å². The number of hydrazone groups is 1. The van der Waals surface area contributed by atoms with Gasteiger partial charge >= 0.3 is 6.03 Å². The number of rotatable bonds is 3. The van der Waals surface area contributed by atoms with E-state index in [1.54, 1.807) is 23.2 Å². The van der Waals surface area contributed by atoms with Crippen LogP contribution in [0, 0.1) is 11.6 Å². The van der Waals surface area contributed by atoms with Gasteiger partial charge in [-0.25, -0.2) is 18.6 Å². The number of nitrogens with one attached hydrogen (secondary N) is 1. The Morgan fingerprint density at radius 2 is 1.81 bits per heavy atom. The molecule has 1 fully saturated rings. The lowest BCUT2D eigenvalue weighted by Crippen LogP contribution is -2.58. The molecule has 0 bridgehead atoms. The van der Waals surface area contributed by atoms with E-state index in [4.69, 9.17) is 4.74 Å². The number of nitrogens with zero attached hydrogens (tertiary/aromatic N) is 3. The minimum absolute atomic E-state index is 0.191. The summed E-state index contributed by atoms with van der Waals surface area (Å²) in [5, 5.41) is 6.25. The van der Waals surface area contributed by atoms with Crippen LogP contribution in [0.5, 0.6) is 5.75 Å². The Labute approximate surface area is 175 Å². The lowest BCUT2D eigenvalue weighted by molar-refractivity contribution is 0.0278. The monoisotopic (exact) mass is 424 g/mol. The van der Waals surface area contributed by atoms with Crippen molar-refractivity contribution in [1.82, 2.24) is 14.9 Å². The number of benzene rings is 2. The van der Waals surface area contributed by atoms with Gasteiger partial charge in [-0.3, -0.25) is 4.79 Å². The predicted octanol–water partition coefficient (Wildman–Crippen LogP) is 3.42. The summed E-state index contributed by atoms with van der Waals surface area (Å²) in [5.41, 5.74) is 0.847. The fourth-order valence-electron chi connectivity index (χ4n) is 3.85. The molecule has 9 heteroatoms. The number of pyridine rings is 1. The van der Waals surface area contributed by atoms with Gasteiger partial charge in [-0.05, 0) is 41.3 Å². The third-order valence-electron chi connectivity index (χ3n) is 5.41. The standard InChI is InChI=1S/C22H18F2N4O3/c23-15-7-14(8-16(24)9-15)20-5-6-25-28(20)22(30)27-11-18(12-27)31-17-3-1-13-2-4-21(29)26-19(13)10-17/h1-4,6-10,18,20H,5,11-12H2,(H,26,29). The van der Waals surface area contributed by atoms with Crippen LogP contribution in [0.15, 0.2) is 58.4 Å². The summed E-state index contributed by atoms with van der Waals surface area (Å²) in [4.78, 5) is 28.7. The molecule has 2 amide bonds. The average molecular weight is 424 g/mol. The Hall–Kier alpha value is -3.75. The summed E-state index contributed by atoms with van der Waals surface area (Å²) in [5.74, 6) is -0.786. The quantitative estimate of drug-likeness (QED) is 0.700. The van der Waals surface area contributed by atoms with E-state index in [1.165, 1.54) is 23.2 Å². The van der Waals surface area contributed by atoms with Crippen molar-refractivity contribution in [2.45, 2.75) is 18.6 Å². The minimum Gasteiger partial charge on any atom is -0.487 e. The molecule has 2 aliphatic rings. The van der Waals surface area contributed by atoms with Crippen LogP contribution >= 0.6 is 0 Å². The molecule has 5 rings (SSSR count). The molecule has 0 saturated carbocycles. The van der Waals surface area contributed by atoms with Crippen molar-refractivity contribution in [3.05, 3.63) is 76.1 Å². The molecule has 0 spiro atoms. The number of likely N-dealkylation sites (tertiary alicyclic amines) is 1. The molecule has 1 atom stereocenters. The van der Waals surface area contributed by atoms with Crippen molar-refractivity contribution in [2.75, 3.05) is 13.1 Å². The molecule has 7 nitrogen and oxygen atoms in total. The number of fused-ring (bicyclic) bond motifs is 1. The number of aromatic amines is 1. The van der Waals surface area contributed by atoms with Crippen LogP contribution in [-0.2, 0) is 0 Å². The number of H-pyrrole nitrogens is 1. The third-order valence-corrected chi connectivity index (χ3v) is 5.41. The number of ether oxygens (including phenoxy) is 1. The average Bonchev–Trinajstić information content (AvgIpc) is 3.19. The zero-order valence-corrected chi connectivity index (χ0v) is 16.3. The maximum atomic E-state index is 13.6. The summed E-state index contributed by atoms with van der Waals surface area (Å²) >= 11 is 0. The summed E-state index contributed by atoms with van der Waals surface area (Å²) < 4.78 is 33.1. The van der Waals surface area contributed by atoms with Crippen LogP contribution in [0.3, 0.4) is 0 Å². The van der Waals surface area contributed by atoms with Gasteiger partial charge in [0.05, 0.1) is 24.6 Å². The highest BCUT2D eigenvalue weighted by atomic mass is 19.1. The van der Waals surface area contributed by atoms with Gasteiger partial charge in [-0.2, -0.15) is 5.10 Å². The molecule has 158 valence electrons. The van der Waals surface area contributed by atoms with Gasteiger partial charge in [-0.1, -0.05) is 0 Å². The Morgan fingerprint density at radius 3 is 2.58 bits per heavy atom. The smallest absolute Gasteiger partial charge is 0.341 e. The molecule has 3 aromatic rings. The van der Waals surface area contributed by atoms with Gasteiger partial charge in [0.25, 0.3) is 0 Å². The lowest BCUT2D eigenvalue weighted by Gasteiger charge is -2.41. The fourth-order valence-corrected chi connectivity index (χ4v) is 3.85. The Balaban J connectivity index is 1.23. The maximum Gasteiger partial charge on any atom is 0.341 e. The molecule has 3 heterocycles. The number of carbonyl (C=O) groups excluding carboxylic acids is 1. The second kappa shape index (κ2) is 7.50. The van der Waals surface area contributed by atoms with Gasteiger partial charge in [0, 0.05) is 30.8 Å². The first-order valence-corrected chi connectivity index (χ1v) is 9.82. The number of aromatic nitrogens is 1. The SMILES string of the molecule is O=C(N1CC(Oc2ccc3ccc(=O)[nH]c3c2)C1)N1N=CCC1c1cc(F)cc(F)c1. The first kappa shape index (κ1) is 19.2. The highest BCUT2D eigenvalue weighted by molar-refractivity contribution is 5.80. The lowest BCUT2D eigenvalue weighted by atomic mass is 10.0. The van der Waals surface area contributed by atoms with Crippen LogP contribution in [0.25, 0.3) is 10.9 Å². The molecule has 1 N–H and O–H groups in total. The molecular formula is C22H18F2N4O3. The highest BCUT2D eigenvalue weighted by Gasteiger charge is 2.39. The number of urea groups is 1. The zero-order valence-electron chi connectivity index (χ0n) is 16.3. The molecule has 2 aromatic carbocycles. The largest absolute Gasteiger partial charge is 0.487 e. The van der Waals surface area contributed by atoms with Crippen molar-refractivity contribution >= 4 is 23.1 Å². The molecule has 1 unspecified atom stereocenters. The van der Waals surface area contributed by atoms with E-state index in [0.717, 1.165) is 11.5 Å². The van der Waals surface area contributed by atoms with Crippen molar-refractivity contribution in [3.63, 3.8) is 0 Å². The van der Waals surface area contributed by atoms with Crippen LogP contribution in [0.2, 0.25) is 0 Å². The van der Waals surface area contributed by atoms with Crippen molar-refractivity contribution < 1.29 is 18.3 Å². The van der Waals surface area contributed by atoms with E-state index in [2.05, 4.69) is 10.1 Å². The number of halogens is 2. The number of amides is 2. The van der Waals surface area contributed by atoms with E-state index in [9.17, 15) is 18.4 Å². The van der Waals surface area contributed by atoms with Crippen LogP contribution < -0.4 is 10.3 Å². The van der Waals surface area contributed by atoms with Crippen molar-refractivity contribution in [2.24, 2.45) is 5.10 Å². The van der Waals surface area contributed by atoms with Gasteiger partial charge in [0.15, 0.2) is 0 Å². The normalized spacial score (nSPS) is 18.5. The van der Waals surface area contributed by atoms with Crippen molar-refractivity contribution in [1.29, 1.82) is 0 Å². The fraction of sp³-hybridized carbons (Fsp3) is 0.227. The Kier molecular flexibility index (Phi) is 4.65. The van der Waals surface area contributed by atoms with E-state index in [1.807, 2.05) is 12.1 Å². The summed E-state index contributed by atoms with van der Waals surface area (Å²) in [6.07, 6.45) is 1.75. The summed E-state index contributed by atoms with van der Waals surface area (Å²) in [7, 11) is 0. The highest BCUT2D eigenvalue weighted by Crippen LogP contribution is 2.31. The Bertz CT molecular complexity index is 1230. The first-order valence-electron chi connectivity index (χ1n) is 9.82. The van der Waals surface area contributed by atoms with Crippen LogP contribution in [0.4, 0.5) is 13.6 Å². The number of hydrogen-bond donors (Lipinski definition) is 1. The molecule has 0 radical (unpaired) electrons. The molecule has 31 heavy (non-hydrogen) atoms. The van der Waals surface area contributed by atoms with Crippen LogP contribution in [0.1, 0.15) is 18.0 Å². The summed E-state index contributed by atoms with van der Waals surface area (Å²) in [6, 6.07) is 11.0. The molecule has 1 aromatic heterocycles. The maximum absolute atomic E-state index is 13.6. The second-order valence-electron chi connectivity index (χ2n) is 7.60. The molecule has 1 saturated heterocycles. The third kappa shape index (κ3) is 3.74. The predicted molar refractivity (Wildman–Crippen MR) is 110 cm³/mol. The molecule has 2 aliphatic heterocycles. The number of carbonyl (C=O) groups is 1. The van der Waals surface area contributed by atoms with Crippen LogP contribution in [-0.4, -0.2) is 46.3 Å². The molecule has 0 aliphatic carbocycles. The van der Waals surface area contributed by atoms with Gasteiger partial charge < -0.3 is 14.6 Å². The van der Waals surface area contributed by atoms with E-state index < -0.39 is 17.7 Å². The number of hydrogen-bond acceptors (Lipinski definition) is 4. The van der Waals surface area contributed by atoms with Gasteiger partial charge in [0.1, 0.15) is 23.5 Å². The minimum atomic E-state index is -0.691. The van der Waals surface area contributed by atoms with Gasteiger partial charge in [0.2, 0.25) is 5.56 Å². The first-order chi connectivity index (χ1) is 15.0. The zero-order chi connectivity index (χ0) is 21.5.